The average Bonchev–Trinajstić information content (AvgIpc) is 3.66. The van der Waals surface area contributed by atoms with Gasteiger partial charge in [-0.1, -0.05) is 49.7 Å². The van der Waals surface area contributed by atoms with Gasteiger partial charge in [0.25, 0.3) is 15.9 Å². The number of sulfonamides is 1. The van der Waals surface area contributed by atoms with E-state index in [2.05, 4.69) is 0 Å². The molecule has 12 heteroatoms. The highest BCUT2D eigenvalue weighted by Gasteiger charge is 2.74. The molecule has 3 aromatic rings. The minimum absolute atomic E-state index is 0.0218. The maximum absolute atomic E-state index is 14.3. The first-order chi connectivity index (χ1) is 18.5. The van der Waals surface area contributed by atoms with Crippen LogP contribution in [0, 0.1) is 11.8 Å². The van der Waals surface area contributed by atoms with Crippen molar-refractivity contribution in [3.8, 4) is 0 Å². The number of amides is 3. The fourth-order valence-electron chi connectivity index (χ4n) is 6.53. The molecule has 3 aliphatic rings. The molecular weight excluding hydrogens is 551 g/mol. The van der Waals surface area contributed by atoms with E-state index >= 15 is 0 Å². The summed E-state index contributed by atoms with van der Waals surface area (Å²) in [5.41, 5.74) is -1.46. The van der Waals surface area contributed by atoms with Crippen molar-refractivity contribution >= 4 is 39.0 Å². The van der Waals surface area contributed by atoms with E-state index in [-0.39, 0.29) is 23.2 Å². The highest BCUT2D eigenvalue weighted by molar-refractivity contribution is 7.91. The maximum Gasteiger partial charge on any atom is 0.416 e. The van der Waals surface area contributed by atoms with Crippen molar-refractivity contribution in [2.45, 2.75) is 35.3 Å². The van der Waals surface area contributed by atoms with Gasteiger partial charge in [-0.15, -0.1) is 11.3 Å². The van der Waals surface area contributed by atoms with Crippen molar-refractivity contribution in [2.75, 3.05) is 18.0 Å². The van der Waals surface area contributed by atoms with Crippen molar-refractivity contribution in [1.82, 2.24) is 9.21 Å². The number of imide groups is 1. The molecule has 3 fully saturated rings. The van der Waals surface area contributed by atoms with Crippen LogP contribution in [0.5, 0.6) is 0 Å². The molecule has 0 bridgehead atoms. The Balaban J connectivity index is 1.49. The van der Waals surface area contributed by atoms with Crippen LogP contribution in [-0.4, -0.2) is 48.2 Å². The van der Waals surface area contributed by atoms with Gasteiger partial charge in [0.1, 0.15) is 9.75 Å². The van der Waals surface area contributed by atoms with Crippen LogP contribution < -0.4 is 4.90 Å². The van der Waals surface area contributed by atoms with Crippen LogP contribution in [0.4, 0.5) is 23.7 Å². The summed E-state index contributed by atoms with van der Waals surface area (Å²) in [6, 6.07) is 14.9. The largest absolute Gasteiger partial charge is 0.416 e. The molecule has 6 rings (SSSR count). The Morgan fingerprint density at radius 2 is 1.69 bits per heavy atom. The lowest BCUT2D eigenvalue weighted by molar-refractivity contribution is -0.137. The van der Waals surface area contributed by atoms with Gasteiger partial charge in [-0.25, -0.2) is 18.1 Å². The third-order valence-corrected chi connectivity index (χ3v) is 11.4. The quantitative estimate of drug-likeness (QED) is 0.383. The van der Waals surface area contributed by atoms with E-state index < -0.39 is 51.2 Å². The van der Waals surface area contributed by atoms with E-state index in [9.17, 15) is 31.2 Å². The third kappa shape index (κ3) is 3.68. The van der Waals surface area contributed by atoms with Gasteiger partial charge in [0.2, 0.25) is 0 Å². The van der Waals surface area contributed by atoms with Gasteiger partial charge >= 0.3 is 12.2 Å². The molecule has 0 radical (unpaired) electrons. The maximum atomic E-state index is 14.3. The Hall–Kier alpha value is -3.22. The standard InChI is InChI=1S/C27H24F3N3O4S2/c1-2-20-21-15-31(39(36,37)22-9-6-14-38-22)16-26(21)24(34)32(19-7-4-3-5-8-19)25(35)33(26)23(20)17-10-12-18(13-11-17)27(28,29)30/h3-14,20-21,23H,2,15-16H2,1H3/t20-,21-,23-,26-/m1/s1. The Bertz CT molecular complexity index is 1530. The predicted octanol–water partition coefficient (Wildman–Crippen LogP) is 5.38. The number of hydrogen-bond donors (Lipinski definition) is 0. The molecular formula is C27H24F3N3O4S2. The van der Waals surface area contributed by atoms with Gasteiger partial charge in [0, 0.05) is 19.0 Å². The van der Waals surface area contributed by atoms with Crippen LogP contribution in [0.2, 0.25) is 0 Å². The van der Waals surface area contributed by atoms with Crippen molar-refractivity contribution in [3.63, 3.8) is 0 Å². The Morgan fingerprint density at radius 1 is 1.00 bits per heavy atom. The number of rotatable bonds is 5. The zero-order valence-electron chi connectivity index (χ0n) is 20.7. The topological polar surface area (TPSA) is 78.0 Å². The third-order valence-electron chi connectivity index (χ3n) is 8.19. The molecule has 204 valence electrons. The molecule has 0 N–H and O–H groups in total. The predicted molar refractivity (Wildman–Crippen MR) is 138 cm³/mol. The van der Waals surface area contributed by atoms with Gasteiger partial charge < -0.3 is 4.90 Å². The molecule has 3 saturated heterocycles. The van der Waals surface area contributed by atoms with Gasteiger partial charge in [-0.2, -0.15) is 17.5 Å². The number of thiophene rings is 1. The van der Waals surface area contributed by atoms with Crippen LogP contribution in [0.15, 0.2) is 76.3 Å². The fourth-order valence-corrected chi connectivity index (χ4v) is 9.18. The minimum atomic E-state index is -4.52. The van der Waals surface area contributed by atoms with Gasteiger partial charge in [0.15, 0.2) is 0 Å². The molecule has 4 heterocycles. The molecule has 1 spiro atoms. The number of anilines is 1. The lowest BCUT2D eigenvalue weighted by atomic mass is 9.78. The molecule has 2 aromatic carbocycles. The van der Waals surface area contributed by atoms with Crippen molar-refractivity contribution in [2.24, 2.45) is 11.8 Å². The first-order valence-corrected chi connectivity index (χ1v) is 14.8. The van der Waals surface area contributed by atoms with E-state index in [4.69, 9.17) is 0 Å². The van der Waals surface area contributed by atoms with Gasteiger partial charge in [-0.3, -0.25) is 4.79 Å². The second-order valence-corrected chi connectivity index (χ2v) is 13.1. The fraction of sp³-hybridized carbons (Fsp3) is 0.333. The lowest BCUT2D eigenvalue weighted by Gasteiger charge is -2.32. The number of carbonyl (C=O) groups is 2. The minimum Gasteiger partial charge on any atom is -0.300 e. The monoisotopic (exact) mass is 575 g/mol. The zero-order valence-corrected chi connectivity index (χ0v) is 22.3. The first kappa shape index (κ1) is 26.0. The van der Waals surface area contributed by atoms with E-state index in [1.165, 1.54) is 27.4 Å². The number of hydrogen-bond acceptors (Lipinski definition) is 5. The number of halogens is 3. The molecule has 4 atom stereocenters. The van der Waals surface area contributed by atoms with Gasteiger partial charge in [0.05, 0.1) is 17.3 Å². The number of nitrogens with zero attached hydrogens (tertiary/aromatic N) is 3. The summed E-state index contributed by atoms with van der Waals surface area (Å²) in [5, 5.41) is 1.66. The van der Waals surface area contributed by atoms with Crippen molar-refractivity contribution < 1.29 is 31.2 Å². The number of alkyl halides is 3. The Kier molecular flexibility index (Phi) is 5.94. The normalized spacial score (nSPS) is 27.3. The second-order valence-electron chi connectivity index (χ2n) is 10.0. The van der Waals surface area contributed by atoms with Crippen molar-refractivity contribution in [3.05, 3.63) is 83.2 Å². The highest BCUT2D eigenvalue weighted by atomic mass is 32.2. The average molecular weight is 576 g/mol. The van der Waals surface area contributed by atoms with Crippen LogP contribution in [0.25, 0.3) is 0 Å². The molecule has 3 amide bonds. The Morgan fingerprint density at radius 3 is 2.28 bits per heavy atom. The van der Waals surface area contributed by atoms with E-state index in [1.807, 2.05) is 6.92 Å². The number of para-hydroxylation sites is 1. The lowest BCUT2D eigenvalue weighted by Crippen LogP contribution is -2.52. The molecule has 0 saturated carbocycles. The van der Waals surface area contributed by atoms with E-state index in [0.717, 1.165) is 28.4 Å². The smallest absolute Gasteiger partial charge is 0.300 e. The molecule has 7 nitrogen and oxygen atoms in total. The van der Waals surface area contributed by atoms with Gasteiger partial charge in [-0.05, 0) is 47.2 Å². The molecule has 1 aromatic heterocycles. The first-order valence-electron chi connectivity index (χ1n) is 12.5. The number of urea groups is 1. The van der Waals surface area contributed by atoms with Crippen LogP contribution >= 0.6 is 11.3 Å². The summed E-state index contributed by atoms with van der Waals surface area (Å²) in [6.45, 7) is 1.69. The van der Waals surface area contributed by atoms with Crippen LogP contribution in [0.3, 0.4) is 0 Å². The number of carbonyl (C=O) groups excluding carboxylic acids is 2. The zero-order chi connectivity index (χ0) is 27.7. The summed E-state index contributed by atoms with van der Waals surface area (Å²) in [7, 11) is -3.92. The van der Waals surface area contributed by atoms with Crippen molar-refractivity contribution in [1.29, 1.82) is 0 Å². The molecule has 3 aliphatic heterocycles. The second kappa shape index (κ2) is 8.90. The molecule has 0 aliphatic carbocycles. The molecule has 0 unspecified atom stereocenters. The number of benzene rings is 2. The molecule has 39 heavy (non-hydrogen) atoms. The van der Waals surface area contributed by atoms with Crippen LogP contribution in [-0.2, 0) is 21.0 Å². The summed E-state index contributed by atoms with van der Waals surface area (Å²) in [5.74, 6) is -1.41. The Labute approximate surface area is 227 Å². The van der Waals surface area contributed by atoms with E-state index in [0.29, 0.717) is 17.7 Å². The summed E-state index contributed by atoms with van der Waals surface area (Å²) >= 11 is 1.08. The van der Waals surface area contributed by atoms with Crippen LogP contribution in [0.1, 0.15) is 30.5 Å². The summed E-state index contributed by atoms with van der Waals surface area (Å²) < 4.78 is 68.4. The summed E-state index contributed by atoms with van der Waals surface area (Å²) in [6.07, 6.45) is -4.02. The highest BCUT2D eigenvalue weighted by Crippen LogP contribution is 2.59. The van der Waals surface area contributed by atoms with E-state index in [1.54, 1.807) is 41.8 Å². The SMILES string of the molecule is CC[C@H]1[C@@H](c2ccc(C(F)(F)F)cc2)N2C(=O)N(c3ccccc3)C(=O)[C@]23CN(S(=O)(=O)c2cccs2)C[C@H]13. The summed E-state index contributed by atoms with van der Waals surface area (Å²) in [4.78, 5) is 30.9.